The highest BCUT2D eigenvalue weighted by atomic mass is 16.6. The number of hydrogen-bond acceptors (Lipinski definition) is 3. The second kappa shape index (κ2) is 5.53. The number of nitrogens with zero attached hydrogens (tertiary/aromatic N) is 1. The quantitative estimate of drug-likeness (QED) is 0.923. The fourth-order valence-electron chi connectivity index (χ4n) is 2.07. The van der Waals surface area contributed by atoms with Gasteiger partial charge in [0.15, 0.2) is 0 Å². The normalized spacial score (nSPS) is 15.2. The van der Waals surface area contributed by atoms with Gasteiger partial charge in [-0.1, -0.05) is 26.8 Å². The van der Waals surface area contributed by atoms with Crippen LogP contribution in [0.4, 0.5) is 16.2 Å². The van der Waals surface area contributed by atoms with Crippen LogP contribution < -0.4 is 10.2 Å². The van der Waals surface area contributed by atoms with Crippen molar-refractivity contribution in [1.29, 1.82) is 0 Å². The molecule has 5 nitrogen and oxygen atoms in total. The molecule has 1 aromatic rings. The maximum absolute atomic E-state index is 11.9. The molecule has 108 valence electrons. The minimum Gasteiger partial charge on any atom is -0.447 e. The van der Waals surface area contributed by atoms with Crippen LogP contribution in [-0.2, 0) is 9.53 Å². The zero-order valence-electron chi connectivity index (χ0n) is 12.1. The van der Waals surface area contributed by atoms with E-state index in [-0.39, 0.29) is 17.4 Å². The topological polar surface area (TPSA) is 58.6 Å². The van der Waals surface area contributed by atoms with Crippen molar-refractivity contribution >= 4 is 23.4 Å². The molecule has 0 spiro atoms. The number of carbonyl (C=O) groups is 2. The predicted octanol–water partition coefficient (Wildman–Crippen LogP) is 3.02. The van der Waals surface area contributed by atoms with Gasteiger partial charge >= 0.3 is 6.09 Å². The highest BCUT2D eigenvalue weighted by Crippen LogP contribution is 2.24. The molecule has 1 heterocycles. The standard InChI is InChI=1S/C15H20N2O3/c1-15(2,3)10-13(18)16-11-5-4-6-12(9-11)17-7-8-20-14(17)19/h4-6,9H,7-8,10H2,1-3H3,(H,16,18). The van der Waals surface area contributed by atoms with E-state index in [1.807, 2.05) is 39.0 Å². The number of nitrogens with one attached hydrogen (secondary N) is 1. The molecule has 0 aliphatic carbocycles. The molecule has 1 aromatic carbocycles. The molecule has 0 unspecified atom stereocenters. The monoisotopic (exact) mass is 276 g/mol. The third-order valence-corrected chi connectivity index (χ3v) is 2.89. The van der Waals surface area contributed by atoms with E-state index in [4.69, 9.17) is 4.74 Å². The van der Waals surface area contributed by atoms with Gasteiger partial charge in [-0.3, -0.25) is 9.69 Å². The average Bonchev–Trinajstić information content (AvgIpc) is 2.73. The van der Waals surface area contributed by atoms with Crippen molar-refractivity contribution in [3.63, 3.8) is 0 Å². The summed E-state index contributed by atoms with van der Waals surface area (Å²) in [5.74, 6) is -0.0290. The summed E-state index contributed by atoms with van der Waals surface area (Å²) in [7, 11) is 0. The van der Waals surface area contributed by atoms with Crippen molar-refractivity contribution in [2.75, 3.05) is 23.4 Å². The van der Waals surface area contributed by atoms with Crippen molar-refractivity contribution in [2.24, 2.45) is 5.41 Å². The number of benzene rings is 1. The van der Waals surface area contributed by atoms with E-state index in [1.54, 1.807) is 11.0 Å². The number of hydrogen-bond donors (Lipinski definition) is 1. The van der Waals surface area contributed by atoms with Crippen LogP contribution in [-0.4, -0.2) is 25.2 Å². The number of anilines is 2. The molecule has 0 aromatic heterocycles. The third kappa shape index (κ3) is 3.73. The summed E-state index contributed by atoms with van der Waals surface area (Å²) in [5, 5.41) is 2.86. The summed E-state index contributed by atoms with van der Waals surface area (Å²) in [6.45, 7) is 6.99. The molecule has 0 saturated carbocycles. The summed E-state index contributed by atoms with van der Waals surface area (Å²) in [6.07, 6.45) is 0.103. The molecular formula is C15H20N2O3. The number of cyclic esters (lactones) is 1. The van der Waals surface area contributed by atoms with Crippen LogP contribution in [0.3, 0.4) is 0 Å². The highest BCUT2D eigenvalue weighted by Gasteiger charge is 2.23. The van der Waals surface area contributed by atoms with E-state index in [2.05, 4.69) is 5.32 Å². The zero-order chi connectivity index (χ0) is 14.8. The van der Waals surface area contributed by atoms with E-state index < -0.39 is 0 Å². The molecule has 1 aliphatic rings. The third-order valence-electron chi connectivity index (χ3n) is 2.89. The van der Waals surface area contributed by atoms with Crippen molar-refractivity contribution in [2.45, 2.75) is 27.2 Å². The second-order valence-electron chi connectivity index (χ2n) is 6.10. The first-order chi connectivity index (χ1) is 9.35. The van der Waals surface area contributed by atoms with E-state index >= 15 is 0 Å². The molecule has 20 heavy (non-hydrogen) atoms. The lowest BCUT2D eigenvalue weighted by atomic mass is 9.92. The predicted molar refractivity (Wildman–Crippen MR) is 77.8 cm³/mol. The average molecular weight is 276 g/mol. The largest absolute Gasteiger partial charge is 0.447 e. The van der Waals surface area contributed by atoms with Gasteiger partial charge in [-0.05, 0) is 23.6 Å². The maximum atomic E-state index is 11.9. The fourth-order valence-corrected chi connectivity index (χ4v) is 2.07. The molecule has 2 rings (SSSR count). The van der Waals surface area contributed by atoms with Gasteiger partial charge in [-0.2, -0.15) is 0 Å². The van der Waals surface area contributed by atoms with Crippen LogP contribution in [0, 0.1) is 5.41 Å². The number of rotatable bonds is 3. The smallest absolute Gasteiger partial charge is 0.414 e. The Morgan fingerprint density at radius 3 is 2.75 bits per heavy atom. The van der Waals surface area contributed by atoms with E-state index in [9.17, 15) is 9.59 Å². The van der Waals surface area contributed by atoms with Crippen LogP contribution in [0.5, 0.6) is 0 Å². The molecule has 0 atom stereocenters. The van der Waals surface area contributed by atoms with Crippen molar-refractivity contribution in [3.8, 4) is 0 Å². The Labute approximate surface area is 118 Å². The van der Waals surface area contributed by atoms with Crippen LogP contribution >= 0.6 is 0 Å². The lowest BCUT2D eigenvalue weighted by Gasteiger charge is -2.18. The maximum Gasteiger partial charge on any atom is 0.414 e. The van der Waals surface area contributed by atoms with Gasteiger partial charge in [0.25, 0.3) is 0 Å². The van der Waals surface area contributed by atoms with E-state index in [0.717, 1.165) is 5.69 Å². The molecule has 1 aliphatic heterocycles. The van der Waals surface area contributed by atoms with Gasteiger partial charge in [0, 0.05) is 17.8 Å². The second-order valence-corrected chi connectivity index (χ2v) is 6.10. The van der Waals surface area contributed by atoms with Crippen LogP contribution in [0.25, 0.3) is 0 Å². The Morgan fingerprint density at radius 1 is 1.40 bits per heavy atom. The summed E-state index contributed by atoms with van der Waals surface area (Å²) in [4.78, 5) is 25.0. The summed E-state index contributed by atoms with van der Waals surface area (Å²) < 4.78 is 4.91. The van der Waals surface area contributed by atoms with Crippen LogP contribution in [0.15, 0.2) is 24.3 Å². The Balaban J connectivity index is 2.06. The lowest BCUT2D eigenvalue weighted by Crippen LogP contribution is -2.23. The minimum atomic E-state index is -0.344. The number of amides is 2. The Morgan fingerprint density at radius 2 is 2.15 bits per heavy atom. The van der Waals surface area contributed by atoms with Crippen molar-refractivity contribution in [3.05, 3.63) is 24.3 Å². The number of carbonyl (C=O) groups excluding carboxylic acids is 2. The van der Waals surface area contributed by atoms with Crippen LogP contribution in [0.2, 0.25) is 0 Å². The molecular weight excluding hydrogens is 256 g/mol. The first-order valence-corrected chi connectivity index (χ1v) is 6.69. The van der Waals surface area contributed by atoms with Gasteiger partial charge in [0.2, 0.25) is 5.91 Å². The molecule has 1 saturated heterocycles. The summed E-state index contributed by atoms with van der Waals surface area (Å²) >= 11 is 0. The molecule has 1 N–H and O–H groups in total. The molecule has 2 amide bonds. The molecule has 0 radical (unpaired) electrons. The lowest BCUT2D eigenvalue weighted by molar-refractivity contribution is -0.117. The fraction of sp³-hybridized carbons (Fsp3) is 0.467. The van der Waals surface area contributed by atoms with Crippen molar-refractivity contribution in [1.82, 2.24) is 0 Å². The molecule has 5 heteroatoms. The van der Waals surface area contributed by atoms with Gasteiger partial charge in [0.05, 0.1) is 6.54 Å². The molecule has 0 bridgehead atoms. The summed E-state index contributed by atoms with van der Waals surface area (Å²) in [5.41, 5.74) is 1.37. The van der Waals surface area contributed by atoms with E-state index in [0.29, 0.717) is 25.3 Å². The van der Waals surface area contributed by atoms with Crippen molar-refractivity contribution < 1.29 is 14.3 Å². The number of ether oxygens (including phenoxy) is 1. The van der Waals surface area contributed by atoms with Gasteiger partial charge in [-0.15, -0.1) is 0 Å². The Hall–Kier alpha value is -2.04. The summed E-state index contributed by atoms with van der Waals surface area (Å²) in [6, 6.07) is 7.23. The Bertz CT molecular complexity index is 520. The van der Waals surface area contributed by atoms with Crippen LogP contribution in [0.1, 0.15) is 27.2 Å². The SMILES string of the molecule is CC(C)(C)CC(=O)Nc1cccc(N2CCOC2=O)c1. The van der Waals surface area contributed by atoms with Gasteiger partial charge in [-0.25, -0.2) is 4.79 Å². The van der Waals surface area contributed by atoms with Gasteiger partial charge < -0.3 is 10.1 Å². The zero-order valence-corrected chi connectivity index (χ0v) is 12.1. The first-order valence-electron chi connectivity index (χ1n) is 6.69. The van der Waals surface area contributed by atoms with E-state index in [1.165, 1.54) is 0 Å². The van der Waals surface area contributed by atoms with Gasteiger partial charge in [0.1, 0.15) is 6.61 Å². The highest BCUT2D eigenvalue weighted by molar-refractivity contribution is 5.93. The molecule has 1 fully saturated rings. The minimum absolute atomic E-state index is 0.0290. The first kappa shape index (κ1) is 14.4. The Kier molecular flexibility index (Phi) is 3.97.